The van der Waals surface area contributed by atoms with E-state index in [4.69, 9.17) is 9.47 Å². The molecule has 2 amide bonds. The third-order valence-electron chi connectivity index (χ3n) is 5.29. The number of hydrogen-bond donors (Lipinski definition) is 1. The Morgan fingerprint density at radius 3 is 2.56 bits per heavy atom. The van der Waals surface area contributed by atoms with Gasteiger partial charge in [-0.3, -0.25) is 14.4 Å². The topological polar surface area (TPSA) is 84.9 Å². The Hall–Kier alpha value is -2.87. The highest BCUT2D eigenvalue weighted by Gasteiger charge is 2.36. The largest absolute Gasteiger partial charge is 0.494 e. The molecule has 0 unspecified atom stereocenters. The Labute approximate surface area is 196 Å². The van der Waals surface area contributed by atoms with Gasteiger partial charge in [-0.05, 0) is 67.8 Å². The van der Waals surface area contributed by atoms with Crippen LogP contribution in [-0.2, 0) is 25.5 Å². The van der Waals surface area contributed by atoms with Gasteiger partial charge in [-0.2, -0.15) is 0 Å². The number of halogens is 1. The SMILES string of the molecule is CCOc1ccc(N2C[C@H](C(=O)OCC(=O)Nc3c(C)cc(Br)cc3CC)CC2=O)cc1. The van der Waals surface area contributed by atoms with Crippen molar-refractivity contribution in [3.63, 3.8) is 0 Å². The summed E-state index contributed by atoms with van der Waals surface area (Å²) in [6.45, 7) is 6.20. The molecule has 1 N–H and O–H groups in total. The number of ether oxygens (including phenoxy) is 2. The second kappa shape index (κ2) is 10.6. The molecule has 1 atom stereocenters. The van der Waals surface area contributed by atoms with Crippen LogP contribution in [0.25, 0.3) is 0 Å². The fourth-order valence-electron chi connectivity index (χ4n) is 3.70. The maximum atomic E-state index is 12.5. The van der Waals surface area contributed by atoms with Gasteiger partial charge in [0.1, 0.15) is 5.75 Å². The molecule has 0 bridgehead atoms. The Bertz CT molecular complexity index is 1010. The average molecular weight is 503 g/mol. The first-order valence-electron chi connectivity index (χ1n) is 10.6. The van der Waals surface area contributed by atoms with E-state index >= 15 is 0 Å². The highest BCUT2D eigenvalue weighted by molar-refractivity contribution is 9.10. The predicted octanol–water partition coefficient (Wildman–Crippen LogP) is 4.25. The fourth-order valence-corrected chi connectivity index (χ4v) is 4.32. The van der Waals surface area contributed by atoms with E-state index in [0.717, 1.165) is 33.5 Å². The molecule has 0 aliphatic carbocycles. The highest BCUT2D eigenvalue weighted by Crippen LogP contribution is 2.28. The van der Waals surface area contributed by atoms with Crippen molar-refractivity contribution >= 4 is 45.1 Å². The number of esters is 1. The van der Waals surface area contributed by atoms with Crippen molar-refractivity contribution in [2.45, 2.75) is 33.6 Å². The van der Waals surface area contributed by atoms with Crippen molar-refractivity contribution in [2.75, 3.05) is 30.0 Å². The lowest BCUT2D eigenvalue weighted by atomic mass is 10.1. The molecule has 8 heteroatoms. The van der Waals surface area contributed by atoms with Crippen LogP contribution >= 0.6 is 15.9 Å². The molecule has 1 fully saturated rings. The van der Waals surface area contributed by atoms with Crippen LogP contribution in [0.3, 0.4) is 0 Å². The number of carbonyl (C=O) groups excluding carboxylic acids is 3. The Morgan fingerprint density at radius 1 is 1.19 bits per heavy atom. The molecule has 2 aromatic carbocycles. The molecule has 1 heterocycles. The van der Waals surface area contributed by atoms with Crippen molar-refractivity contribution in [3.8, 4) is 5.75 Å². The van der Waals surface area contributed by atoms with Crippen LogP contribution in [0.4, 0.5) is 11.4 Å². The molecular weight excluding hydrogens is 476 g/mol. The van der Waals surface area contributed by atoms with Gasteiger partial charge in [0.25, 0.3) is 5.91 Å². The summed E-state index contributed by atoms with van der Waals surface area (Å²) in [6, 6.07) is 11.0. The first-order valence-corrected chi connectivity index (χ1v) is 11.4. The lowest BCUT2D eigenvalue weighted by Crippen LogP contribution is -2.28. The van der Waals surface area contributed by atoms with E-state index in [1.54, 1.807) is 29.2 Å². The van der Waals surface area contributed by atoms with Gasteiger partial charge in [-0.15, -0.1) is 0 Å². The van der Waals surface area contributed by atoms with Gasteiger partial charge in [0.15, 0.2) is 6.61 Å². The number of nitrogens with one attached hydrogen (secondary N) is 1. The predicted molar refractivity (Wildman–Crippen MR) is 126 cm³/mol. The second-order valence-electron chi connectivity index (χ2n) is 7.60. The van der Waals surface area contributed by atoms with E-state index in [2.05, 4.69) is 21.2 Å². The van der Waals surface area contributed by atoms with E-state index in [1.165, 1.54) is 0 Å². The van der Waals surface area contributed by atoms with Crippen molar-refractivity contribution in [3.05, 3.63) is 52.0 Å². The quantitative estimate of drug-likeness (QED) is 0.545. The first kappa shape index (κ1) is 23.8. The summed E-state index contributed by atoms with van der Waals surface area (Å²) in [5, 5.41) is 2.84. The molecule has 0 spiro atoms. The number of aryl methyl sites for hydroxylation is 2. The van der Waals surface area contributed by atoms with E-state index in [1.807, 2.05) is 32.9 Å². The van der Waals surface area contributed by atoms with Gasteiger partial charge >= 0.3 is 5.97 Å². The van der Waals surface area contributed by atoms with Gasteiger partial charge in [-0.25, -0.2) is 0 Å². The summed E-state index contributed by atoms with van der Waals surface area (Å²) in [6.07, 6.45) is 0.806. The number of carbonyl (C=O) groups is 3. The summed E-state index contributed by atoms with van der Waals surface area (Å²) in [5.41, 5.74) is 3.34. The summed E-state index contributed by atoms with van der Waals surface area (Å²) >= 11 is 3.46. The van der Waals surface area contributed by atoms with E-state index in [-0.39, 0.29) is 18.9 Å². The molecule has 1 aliphatic rings. The van der Waals surface area contributed by atoms with E-state index in [9.17, 15) is 14.4 Å². The smallest absolute Gasteiger partial charge is 0.311 e. The Balaban J connectivity index is 1.55. The maximum Gasteiger partial charge on any atom is 0.311 e. The lowest BCUT2D eigenvalue weighted by Gasteiger charge is -2.17. The van der Waals surface area contributed by atoms with Crippen LogP contribution in [0.15, 0.2) is 40.9 Å². The molecule has 2 aromatic rings. The fraction of sp³-hybridized carbons (Fsp3) is 0.375. The molecule has 170 valence electrons. The summed E-state index contributed by atoms with van der Waals surface area (Å²) < 4.78 is 11.6. The van der Waals surface area contributed by atoms with Crippen molar-refractivity contribution in [1.29, 1.82) is 0 Å². The third kappa shape index (κ3) is 5.68. The molecule has 1 saturated heterocycles. The second-order valence-corrected chi connectivity index (χ2v) is 8.51. The highest BCUT2D eigenvalue weighted by atomic mass is 79.9. The summed E-state index contributed by atoms with van der Waals surface area (Å²) in [4.78, 5) is 38.8. The molecule has 0 saturated carbocycles. The van der Waals surface area contributed by atoms with Gasteiger partial charge in [0.05, 0.1) is 12.5 Å². The number of anilines is 2. The number of hydrogen-bond acceptors (Lipinski definition) is 5. The summed E-state index contributed by atoms with van der Waals surface area (Å²) in [5.74, 6) is -1.01. The third-order valence-corrected chi connectivity index (χ3v) is 5.75. The minimum atomic E-state index is -0.609. The van der Waals surface area contributed by atoms with Gasteiger partial charge < -0.3 is 19.7 Å². The van der Waals surface area contributed by atoms with E-state index in [0.29, 0.717) is 12.3 Å². The minimum Gasteiger partial charge on any atom is -0.494 e. The molecule has 3 rings (SSSR count). The monoisotopic (exact) mass is 502 g/mol. The maximum absolute atomic E-state index is 12.5. The molecule has 7 nitrogen and oxygen atoms in total. The van der Waals surface area contributed by atoms with Crippen LogP contribution in [0.5, 0.6) is 5.75 Å². The Morgan fingerprint density at radius 2 is 1.91 bits per heavy atom. The summed E-state index contributed by atoms with van der Waals surface area (Å²) in [7, 11) is 0. The number of rotatable bonds is 8. The number of nitrogens with zero attached hydrogens (tertiary/aromatic N) is 1. The molecule has 32 heavy (non-hydrogen) atoms. The van der Waals surface area contributed by atoms with E-state index < -0.39 is 24.4 Å². The van der Waals surface area contributed by atoms with Gasteiger partial charge in [-0.1, -0.05) is 22.9 Å². The lowest BCUT2D eigenvalue weighted by molar-refractivity contribution is -0.151. The first-order chi connectivity index (χ1) is 15.3. The Kier molecular flexibility index (Phi) is 7.90. The van der Waals surface area contributed by atoms with Crippen molar-refractivity contribution in [2.24, 2.45) is 5.92 Å². The normalized spacial score (nSPS) is 15.6. The van der Waals surface area contributed by atoms with Gasteiger partial charge in [0, 0.05) is 28.8 Å². The minimum absolute atomic E-state index is 0.0550. The van der Waals surface area contributed by atoms with Crippen LogP contribution in [0, 0.1) is 12.8 Å². The van der Waals surface area contributed by atoms with Crippen LogP contribution < -0.4 is 15.0 Å². The molecule has 0 aromatic heterocycles. The zero-order chi connectivity index (χ0) is 23.3. The van der Waals surface area contributed by atoms with Crippen molar-refractivity contribution in [1.82, 2.24) is 0 Å². The molecule has 1 aliphatic heterocycles. The molecular formula is C24H27BrN2O5. The van der Waals surface area contributed by atoms with Crippen LogP contribution in [0.2, 0.25) is 0 Å². The molecule has 0 radical (unpaired) electrons. The van der Waals surface area contributed by atoms with Gasteiger partial charge in [0.2, 0.25) is 5.91 Å². The standard InChI is InChI=1S/C24H27BrN2O5/c1-4-16-11-18(25)10-15(3)23(16)26-21(28)14-32-24(30)17-12-22(29)27(13-17)19-6-8-20(9-7-19)31-5-2/h6-11,17H,4-5,12-14H2,1-3H3,(H,26,28)/t17-/m1/s1. The number of amides is 2. The number of benzene rings is 2. The average Bonchev–Trinajstić information content (AvgIpc) is 3.16. The van der Waals surface area contributed by atoms with Crippen LogP contribution in [-0.4, -0.2) is 37.5 Å². The van der Waals surface area contributed by atoms with Crippen molar-refractivity contribution < 1.29 is 23.9 Å². The zero-order valence-corrected chi connectivity index (χ0v) is 20.0. The van der Waals surface area contributed by atoms with Crippen LogP contribution in [0.1, 0.15) is 31.4 Å². The zero-order valence-electron chi connectivity index (χ0n) is 18.4.